The zero-order valence-corrected chi connectivity index (χ0v) is 14.6. The highest BCUT2D eigenvalue weighted by atomic mass is 16.5. The van der Waals surface area contributed by atoms with E-state index >= 15 is 0 Å². The molecule has 0 spiro atoms. The second-order valence-corrected chi connectivity index (χ2v) is 6.80. The Labute approximate surface area is 147 Å². The Morgan fingerprint density at radius 2 is 2.04 bits per heavy atom. The Morgan fingerprint density at radius 3 is 2.84 bits per heavy atom. The van der Waals surface area contributed by atoms with Gasteiger partial charge in [-0.3, -0.25) is 4.79 Å². The number of ether oxygens (including phenoxy) is 1. The van der Waals surface area contributed by atoms with Crippen molar-refractivity contribution in [3.05, 3.63) is 42.0 Å². The average molecular weight is 340 g/mol. The maximum atomic E-state index is 13.1. The molecule has 0 bridgehead atoms. The predicted molar refractivity (Wildman–Crippen MR) is 93.5 cm³/mol. The van der Waals surface area contributed by atoms with Gasteiger partial charge in [0, 0.05) is 31.1 Å². The molecule has 1 amide bonds. The molecule has 1 fully saturated rings. The highest BCUT2D eigenvalue weighted by molar-refractivity contribution is 5.85. The standard InChI is InChI=1S/C19H24N4O2/c1-2-22-13-20-21-18(22)14-7-10-23(11-8-14)19(24)16-9-12-25-17-6-4-3-5-15(16)17/h3-6,13-14,16H,2,7-12H2,1H3/t16-/m1/s1. The smallest absolute Gasteiger partial charge is 0.230 e. The van der Waals surface area contributed by atoms with Crippen molar-refractivity contribution in [3.63, 3.8) is 0 Å². The number of hydrogen-bond acceptors (Lipinski definition) is 4. The number of amides is 1. The van der Waals surface area contributed by atoms with E-state index in [1.165, 1.54) is 0 Å². The first-order chi connectivity index (χ1) is 12.3. The first kappa shape index (κ1) is 16.1. The van der Waals surface area contributed by atoms with Gasteiger partial charge in [0.25, 0.3) is 0 Å². The van der Waals surface area contributed by atoms with Crippen LogP contribution in [0.25, 0.3) is 0 Å². The molecule has 1 saturated heterocycles. The SMILES string of the molecule is CCn1cnnc1C1CCN(C(=O)[C@@H]2CCOc3ccccc32)CC1. The molecule has 1 aromatic carbocycles. The molecule has 1 aromatic heterocycles. The second-order valence-electron chi connectivity index (χ2n) is 6.80. The third-order valence-corrected chi connectivity index (χ3v) is 5.41. The van der Waals surface area contributed by atoms with Gasteiger partial charge >= 0.3 is 0 Å². The molecule has 0 aliphatic carbocycles. The Kier molecular flexibility index (Phi) is 4.42. The van der Waals surface area contributed by atoms with Crippen LogP contribution in [0.5, 0.6) is 5.75 Å². The Hall–Kier alpha value is -2.37. The number of fused-ring (bicyclic) bond motifs is 1. The van der Waals surface area contributed by atoms with E-state index in [1.54, 1.807) is 6.33 Å². The molecule has 4 rings (SSSR count). The predicted octanol–water partition coefficient (Wildman–Crippen LogP) is 2.57. The van der Waals surface area contributed by atoms with Gasteiger partial charge in [-0.15, -0.1) is 10.2 Å². The van der Waals surface area contributed by atoms with E-state index in [2.05, 4.69) is 21.7 Å². The zero-order valence-electron chi connectivity index (χ0n) is 14.6. The van der Waals surface area contributed by atoms with E-state index in [4.69, 9.17) is 4.74 Å². The fraction of sp³-hybridized carbons (Fsp3) is 0.526. The summed E-state index contributed by atoms with van der Waals surface area (Å²) in [6, 6.07) is 7.92. The minimum atomic E-state index is -0.0687. The Morgan fingerprint density at radius 1 is 1.24 bits per heavy atom. The number of hydrogen-bond donors (Lipinski definition) is 0. The van der Waals surface area contributed by atoms with E-state index in [0.29, 0.717) is 12.5 Å². The van der Waals surface area contributed by atoms with Crippen LogP contribution in [0, 0.1) is 0 Å². The topological polar surface area (TPSA) is 60.2 Å². The normalized spacial score (nSPS) is 20.8. The van der Waals surface area contributed by atoms with E-state index < -0.39 is 0 Å². The maximum Gasteiger partial charge on any atom is 0.230 e. The molecule has 132 valence electrons. The minimum Gasteiger partial charge on any atom is -0.493 e. The van der Waals surface area contributed by atoms with E-state index in [0.717, 1.165) is 56.0 Å². The molecule has 2 aliphatic heterocycles. The van der Waals surface area contributed by atoms with E-state index in [1.807, 2.05) is 29.2 Å². The van der Waals surface area contributed by atoms with Gasteiger partial charge in [0.1, 0.15) is 17.9 Å². The van der Waals surface area contributed by atoms with Crippen LogP contribution >= 0.6 is 0 Å². The van der Waals surface area contributed by atoms with Crippen molar-refractivity contribution in [2.24, 2.45) is 0 Å². The highest BCUT2D eigenvalue weighted by Gasteiger charge is 2.33. The van der Waals surface area contributed by atoms with Crippen LogP contribution in [0.2, 0.25) is 0 Å². The van der Waals surface area contributed by atoms with Crippen molar-refractivity contribution in [3.8, 4) is 5.75 Å². The van der Waals surface area contributed by atoms with Crippen molar-refractivity contribution in [2.45, 2.75) is 44.6 Å². The average Bonchev–Trinajstić information content (AvgIpc) is 3.16. The summed E-state index contributed by atoms with van der Waals surface area (Å²) in [4.78, 5) is 15.1. The van der Waals surface area contributed by atoms with Gasteiger partial charge in [-0.25, -0.2) is 0 Å². The lowest BCUT2D eigenvalue weighted by atomic mass is 9.89. The Balaban J connectivity index is 1.44. The van der Waals surface area contributed by atoms with Crippen molar-refractivity contribution in [1.82, 2.24) is 19.7 Å². The molecule has 0 saturated carbocycles. The quantitative estimate of drug-likeness (QED) is 0.862. The third kappa shape index (κ3) is 3.01. The zero-order chi connectivity index (χ0) is 17.2. The van der Waals surface area contributed by atoms with Gasteiger partial charge in [-0.2, -0.15) is 0 Å². The number of para-hydroxylation sites is 1. The van der Waals surface area contributed by atoms with Gasteiger partial charge in [0.15, 0.2) is 0 Å². The number of carbonyl (C=O) groups excluding carboxylic acids is 1. The summed E-state index contributed by atoms with van der Waals surface area (Å²) in [5.41, 5.74) is 1.03. The fourth-order valence-corrected chi connectivity index (χ4v) is 4.00. The number of aromatic nitrogens is 3. The van der Waals surface area contributed by atoms with Crippen LogP contribution in [0.1, 0.15) is 49.4 Å². The fourth-order valence-electron chi connectivity index (χ4n) is 4.00. The largest absolute Gasteiger partial charge is 0.493 e. The number of piperidine rings is 1. The van der Waals surface area contributed by atoms with Crippen LogP contribution in [0.3, 0.4) is 0 Å². The number of likely N-dealkylation sites (tertiary alicyclic amines) is 1. The first-order valence-corrected chi connectivity index (χ1v) is 9.16. The van der Waals surface area contributed by atoms with Crippen LogP contribution in [-0.4, -0.2) is 45.3 Å². The number of rotatable bonds is 3. The molecule has 1 atom stereocenters. The van der Waals surface area contributed by atoms with Gasteiger partial charge in [-0.05, 0) is 32.3 Å². The van der Waals surface area contributed by atoms with Gasteiger partial charge < -0.3 is 14.2 Å². The van der Waals surface area contributed by atoms with Gasteiger partial charge in [0.05, 0.1) is 12.5 Å². The summed E-state index contributed by atoms with van der Waals surface area (Å²) in [7, 11) is 0. The molecule has 0 unspecified atom stereocenters. The molecule has 2 aliphatic rings. The van der Waals surface area contributed by atoms with Crippen LogP contribution in [0.4, 0.5) is 0 Å². The summed E-state index contributed by atoms with van der Waals surface area (Å²) < 4.78 is 7.80. The summed E-state index contributed by atoms with van der Waals surface area (Å²) in [5.74, 6) is 2.49. The second kappa shape index (κ2) is 6.86. The molecular formula is C19H24N4O2. The summed E-state index contributed by atoms with van der Waals surface area (Å²) in [6.07, 6.45) is 4.47. The Bertz CT molecular complexity index is 749. The first-order valence-electron chi connectivity index (χ1n) is 9.16. The van der Waals surface area contributed by atoms with Crippen molar-refractivity contribution < 1.29 is 9.53 Å². The highest BCUT2D eigenvalue weighted by Crippen LogP contribution is 2.36. The van der Waals surface area contributed by atoms with Gasteiger partial charge in [-0.1, -0.05) is 18.2 Å². The lowest BCUT2D eigenvalue weighted by Crippen LogP contribution is -2.42. The van der Waals surface area contributed by atoms with E-state index in [9.17, 15) is 4.79 Å². The molecular weight excluding hydrogens is 316 g/mol. The van der Waals surface area contributed by atoms with Gasteiger partial charge in [0.2, 0.25) is 5.91 Å². The lowest BCUT2D eigenvalue weighted by Gasteiger charge is -2.35. The van der Waals surface area contributed by atoms with Crippen LogP contribution < -0.4 is 4.74 Å². The number of benzene rings is 1. The molecule has 6 nitrogen and oxygen atoms in total. The summed E-state index contributed by atoms with van der Waals surface area (Å²) in [5, 5.41) is 8.33. The molecule has 0 N–H and O–H groups in total. The number of nitrogens with zero attached hydrogens (tertiary/aromatic N) is 4. The number of carbonyl (C=O) groups is 1. The summed E-state index contributed by atoms with van der Waals surface area (Å²) >= 11 is 0. The summed E-state index contributed by atoms with van der Waals surface area (Å²) in [6.45, 7) is 5.19. The maximum absolute atomic E-state index is 13.1. The monoisotopic (exact) mass is 340 g/mol. The molecule has 25 heavy (non-hydrogen) atoms. The van der Waals surface area contributed by atoms with Crippen molar-refractivity contribution in [2.75, 3.05) is 19.7 Å². The third-order valence-electron chi connectivity index (χ3n) is 5.41. The van der Waals surface area contributed by atoms with Crippen LogP contribution in [-0.2, 0) is 11.3 Å². The van der Waals surface area contributed by atoms with Crippen molar-refractivity contribution >= 4 is 5.91 Å². The van der Waals surface area contributed by atoms with Crippen LogP contribution in [0.15, 0.2) is 30.6 Å². The minimum absolute atomic E-state index is 0.0687. The lowest BCUT2D eigenvalue weighted by molar-refractivity contribution is -0.134. The number of aryl methyl sites for hydroxylation is 1. The van der Waals surface area contributed by atoms with E-state index in [-0.39, 0.29) is 11.8 Å². The molecule has 2 aromatic rings. The molecule has 6 heteroatoms. The van der Waals surface area contributed by atoms with Crippen molar-refractivity contribution in [1.29, 1.82) is 0 Å². The molecule has 3 heterocycles. The molecule has 0 radical (unpaired) electrons.